The molecule has 1 unspecified atom stereocenters. The summed E-state index contributed by atoms with van der Waals surface area (Å²) in [6.45, 7) is 11.8. The lowest BCUT2D eigenvalue weighted by atomic mass is 9.96. The fraction of sp³-hybridized carbons (Fsp3) is 0.326. The van der Waals surface area contributed by atoms with Crippen LogP contribution in [0, 0.1) is 27.7 Å². The first-order valence-corrected chi connectivity index (χ1v) is 22.0. The highest BCUT2D eigenvalue weighted by Gasteiger charge is 2.50. The predicted octanol–water partition coefficient (Wildman–Crippen LogP) is 6.41. The number of nitrogens with one attached hydrogen (secondary N) is 3. The molecule has 1 saturated heterocycles. The Kier molecular flexibility index (Phi) is 13.0. The van der Waals surface area contributed by atoms with E-state index in [4.69, 9.17) is 0 Å². The van der Waals surface area contributed by atoms with E-state index in [0.29, 0.717) is 11.1 Å². The zero-order valence-electron chi connectivity index (χ0n) is 33.8. The summed E-state index contributed by atoms with van der Waals surface area (Å²) in [5.41, 5.74) is 6.00. The molecule has 0 spiro atoms. The summed E-state index contributed by atoms with van der Waals surface area (Å²) >= 11 is 1.43. The molecule has 4 atom stereocenters. The van der Waals surface area contributed by atoms with Crippen molar-refractivity contribution < 1.29 is 27.9 Å². The molecule has 304 valence electrons. The van der Waals surface area contributed by atoms with Crippen LogP contribution in [-0.4, -0.2) is 76.8 Å². The van der Waals surface area contributed by atoms with Crippen molar-refractivity contribution >= 4 is 55.8 Å². The number of nitrogens with zero attached hydrogens (tertiary/aromatic N) is 1. The number of hydrogen-bond acceptors (Lipinski definition) is 8. The number of fused-ring (bicyclic) bond motifs is 1. The van der Waals surface area contributed by atoms with Crippen LogP contribution in [-0.2, 0) is 37.2 Å². The summed E-state index contributed by atoms with van der Waals surface area (Å²) in [5.74, 6) is -2.24. The number of aliphatic hydroxyl groups excluding tert-OH is 1. The summed E-state index contributed by atoms with van der Waals surface area (Å²) in [4.78, 5) is 44.4. The van der Waals surface area contributed by atoms with Gasteiger partial charge in [0.15, 0.2) is 15.9 Å². The van der Waals surface area contributed by atoms with E-state index in [1.165, 1.54) is 16.7 Å². The number of hydrogen-bond donors (Lipinski definition) is 4. The van der Waals surface area contributed by atoms with Crippen LogP contribution < -0.4 is 16.0 Å². The van der Waals surface area contributed by atoms with Gasteiger partial charge in [0, 0.05) is 22.4 Å². The van der Waals surface area contributed by atoms with Crippen molar-refractivity contribution in [3.8, 4) is 0 Å². The van der Waals surface area contributed by atoms with Gasteiger partial charge in [0.1, 0.15) is 12.1 Å². The molecule has 3 amide bonds. The van der Waals surface area contributed by atoms with E-state index in [-0.39, 0.29) is 29.6 Å². The summed E-state index contributed by atoms with van der Waals surface area (Å²) in [5, 5.41) is 22.4. The van der Waals surface area contributed by atoms with Gasteiger partial charge in [-0.3, -0.25) is 14.4 Å². The fourth-order valence-corrected chi connectivity index (χ4v) is 10.6. The molecule has 0 bridgehead atoms. The van der Waals surface area contributed by atoms with Gasteiger partial charge in [-0.05, 0) is 87.2 Å². The summed E-state index contributed by atoms with van der Waals surface area (Å²) in [6, 6.07) is 29.6. The number of thioether (sulfide) groups is 1. The molecule has 1 fully saturated rings. The van der Waals surface area contributed by atoms with Gasteiger partial charge in [-0.1, -0.05) is 109 Å². The van der Waals surface area contributed by atoms with E-state index in [1.807, 2.05) is 126 Å². The Morgan fingerprint density at radius 2 is 1.48 bits per heavy atom. The second kappa shape index (κ2) is 17.8. The van der Waals surface area contributed by atoms with Gasteiger partial charge in [0.2, 0.25) is 11.8 Å². The number of sulfone groups is 1. The molecule has 5 aromatic rings. The molecule has 10 nitrogen and oxygen atoms in total. The number of aliphatic hydroxyl groups is 1. The van der Waals surface area contributed by atoms with E-state index in [9.17, 15) is 27.9 Å². The second-order valence-corrected chi connectivity index (χ2v) is 19.3. The Morgan fingerprint density at radius 3 is 2.19 bits per heavy atom. The van der Waals surface area contributed by atoms with Crippen LogP contribution in [0.2, 0.25) is 0 Å². The fourth-order valence-electron chi connectivity index (χ4n) is 7.78. The maximum absolute atomic E-state index is 14.6. The Bertz CT molecular complexity index is 2390. The topological polar surface area (TPSA) is 145 Å². The highest BCUT2D eigenvalue weighted by Crippen LogP contribution is 2.40. The Labute approximate surface area is 345 Å². The molecule has 1 aliphatic rings. The lowest BCUT2D eigenvalue weighted by Crippen LogP contribution is -2.59. The van der Waals surface area contributed by atoms with Crippen molar-refractivity contribution in [2.75, 3.05) is 16.9 Å². The van der Waals surface area contributed by atoms with Gasteiger partial charge in [-0.25, -0.2) is 8.42 Å². The van der Waals surface area contributed by atoms with Crippen molar-refractivity contribution in [2.45, 2.75) is 88.4 Å². The molecule has 58 heavy (non-hydrogen) atoms. The number of rotatable bonds is 14. The SMILES string of the molecule is Cc1cc(C)c(NC(CS(=O)(=O)c2cccc3ccccc23)C(=O)N[C@@H](Cc2ccccc2)[C@H](O)C(=O)N2CSC(C)(C)[C@H]2C(=O)NCc2ccccc2C)c(C)c1. The third kappa shape index (κ3) is 9.57. The molecule has 5 aromatic carbocycles. The Morgan fingerprint density at radius 1 is 0.845 bits per heavy atom. The number of carbonyl (C=O) groups excluding carboxylic acids is 3. The molecule has 1 aliphatic heterocycles. The maximum atomic E-state index is 14.6. The van der Waals surface area contributed by atoms with E-state index >= 15 is 0 Å². The molecule has 0 saturated carbocycles. The second-order valence-electron chi connectivity index (χ2n) is 15.7. The third-order valence-corrected chi connectivity index (χ3v) is 14.0. The molecular weight excluding hydrogens is 769 g/mol. The molecule has 0 aliphatic carbocycles. The third-order valence-electron chi connectivity index (χ3n) is 10.8. The molecule has 4 N–H and O–H groups in total. The van der Waals surface area contributed by atoms with E-state index < -0.39 is 56.4 Å². The standard InChI is InChI=1S/C46H52N4O6S2/c1-29-23-31(3)40(32(4)24-29)48-38(27-58(55,56)39-22-14-20-34-18-12-13-21-36(34)39)43(52)49-37(25-33-16-8-7-9-17-33)41(51)45(54)50-28-57-46(5,6)42(50)44(53)47-26-35-19-11-10-15-30(35)2/h7-24,37-38,41-42,48,51H,25-28H2,1-6H3,(H,47,53)(H,49,52)/t37-,38?,41-,42+/m0/s1. The number of amides is 3. The first-order valence-electron chi connectivity index (χ1n) is 19.4. The average Bonchev–Trinajstić information content (AvgIpc) is 3.52. The zero-order chi connectivity index (χ0) is 41.8. The van der Waals surface area contributed by atoms with Gasteiger partial charge < -0.3 is 26.0 Å². The van der Waals surface area contributed by atoms with Gasteiger partial charge >= 0.3 is 0 Å². The van der Waals surface area contributed by atoms with E-state index in [0.717, 1.165) is 38.8 Å². The van der Waals surface area contributed by atoms with Crippen LogP contribution in [0.1, 0.15) is 47.2 Å². The minimum absolute atomic E-state index is 0.0549. The van der Waals surface area contributed by atoms with Gasteiger partial charge in [0.25, 0.3) is 5.91 Å². The van der Waals surface area contributed by atoms with Crippen LogP contribution in [0.3, 0.4) is 0 Å². The van der Waals surface area contributed by atoms with Crippen LogP contribution in [0.5, 0.6) is 0 Å². The van der Waals surface area contributed by atoms with E-state index in [2.05, 4.69) is 16.0 Å². The van der Waals surface area contributed by atoms with Crippen LogP contribution in [0.25, 0.3) is 10.8 Å². The Balaban J connectivity index is 1.31. The van der Waals surface area contributed by atoms with Crippen molar-refractivity contribution in [1.29, 1.82) is 0 Å². The molecule has 6 rings (SSSR count). The highest BCUT2D eigenvalue weighted by molar-refractivity contribution is 8.00. The number of aryl methyl sites for hydroxylation is 4. The first-order chi connectivity index (χ1) is 27.6. The van der Waals surface area contributed by atoms with Crippen molar-refractivity contribution in [1.82, 2.24) is 15.5 Å². The smallest absolute Gasteiger partial charge is 0.254 e. The van der Waals surface area contributed by atoms with Gasteiger partial charge in [-0.2, -0.15) is 0 Å². The van der Waals surface area contributed by atoms with Gasteiger partial charge in [-0.15, -0.1) is 11.8 Å². The highest BCUT2D eigenvalue weighted by atomic mass is 32.2. The van der Waals surface area contributed by atoms with Crippen molar-refractivity contribution in [3.63, 3.8) is 0 Å². The Hall–Kier alpha value is -5.17. The lowest BCUT2D eigenvalue weighted by Gasteiger charge is -2.34. The van der Waals surface area contributed by atoms with Crippen molar-refractivity contribution in [2.24, 2.45) is 0 Å². The molecule has 0 aromatic heterocycles. The zero-order valence-corrected chi connectivity index (χ0v) is 35.4. The molecule has 12 heteroatoms. The summed E-state index contributed by atoms with van der Waals surface area (Å²) < 4.78 is 28.0. The van der Waals surface area contributed by atoms with E-state index in [1.54, 1.807) is 24.3 Å². The molecule has 1 heterocycles. The minimum Gasteiger partial charge on any atom is -0.381 e. The molecular formula is C46H52N4O6S2. The number of anilines is 1. The number of carbonyl (C=O) groups is 3. The average molecular weight is 821 g/mol. The first kappa shape index (κ1) is 42.4. The monoisotopic (exact) mass is 820 g/mol. The molecule has 0 radical (unpaired) electrons. The summed E-state index contributed by atoms with van der Waals surface area (Å²) in [6.07, 6.45) is -1.72. The lowest BCUT2D eigenvalue weighted by molar-refractivity contribution is -0.147. The predicted molar refractivity (Wildman–Crippen MR) is 232 cm³/mol. The minimum atomic E-state index is -4.10. The van der Waals surface area contributed by atoms with Crippen molar-refractivity contribution in [3.05, 3.63) is 143 Å². The van der Waals surface area contributed by atoms with Crippen LogP contribution in [0.15, 0.2) is 114 Å². The largest absolute Gasteiger partial charge is 0.381 e. The van der Waals surface area contributed by atoms with Gasteiger partial charge in [0.05, 0.1) is 22.6 Å². The van der Waals surface area contributed by atoms with Crippen LogP contribution >= 0.6 is 11.8 Å². The van der Waals surface area contributed by atoms with Crippen LogP contribution in [0.4, 0.5) is 5.69 Å². The summed E-state index contributed by atoms with van der Waals surface area (Å²) in [7, 11) is -4.10. The quantitative estimate of drug-likeness (QED) is 0.101. The normalized spacial score (nSPS) is 16.7. The number of benzene rings is 5. The maximum Gasteiger partial charge on any atom is 0.254 e.